The molecule has 4 heteroatoms. The highest BCUT2D eigenvalue weighted by molar-refractivity contribution is 5.97. The first-order valence-corrected chi connectivity index (χ1v) is 6.36. The van der Waals surface area contributed by atoms with E-state index in [-0.39, 0.29) is 5.84 Å². The van der Waals surface area contributed by atoms with Crippen LogP contribution in [0, 0.1) is 6.92 Å². The maximum absolute atomic E-state index is 8.68. The molecule has 0 fully saturated rings. The van der Waals surface area contributed by atoms with Crippen molar-refractivity contribution >= 4 is 11.5 Å². The van der Waals surface area contributed by atoms with E-state index >= 15 is 0 Å². The molecule has 0 spiro atoms. The topological polar surface area (TPSA) is 61.8 Å². The van der Waals surface area contributed by atoms with E-state index < -0.39 is 0 Å². The summed E-state index contributed by atoms with van der Waals surface area (Å²) < 4.78 is 0. The van der Waals surface area contributed by atoms with Crippen LogP contribution in [0.2, 0.25) is 0 Å². The Balaban J connectivity index is 3.10. The molecule has 0 atom stereocenters. The van der Waals surface area contributed by atoms with E-state index in [1.807, 2.05) is 18.2 Å². The van der Waals surface area contributed by atoms with Crippen molar-refractivity contribution in [2.75, 3.05) is 11.4 Å². The maximum atomic E-state index is 8.68. The lowest BCUT2D eigenvalue weighted by molar-refractivity contribution is 0.318. The van der Waals surface area contributed by atoms with Crippen LogP contribution in [-0.2, 0) is 0 Å². The fourth-order valence-corrected chi connectivity index (χ4v) is 2.09. The van der Waals surface area contributed by atoms with Gasteiger partial charge in [0.15, 0.2) is 5.84 Å². The molecule has 100 valence electrons. The Kier molecular flexibility index (Phi) is 5.01. The second-order valence-electron chi connectivity index (χ2n) is 4.77. The van der Waals surface area contributed by atoms with Gasteiger partial charge in [0, 0.05) is 23.8 Å². The summed E-state index contributed by atoms with van der Waals surface area (Å²) in [5.74, 6) is 0.149. The molecule has 0 bridgehead atoms. The predicted octanol–water partition coefficient (Wildman–Crippen LogP) is 2.71. The normalized spacial score (nSPS) is 11.9. The number of aryl methyl sites for hydroxylation is 1. The fourth-order valence-electron chi connectivity index (χ4n) is 2.09. The van der Waals surface area contributed by atoms with Gasteiger partial charge in [-0.2, -0.15) is 0 Å². The average molecular weight is 249 g/mol. The first-order valence-electron chi connectivity index (χ1n) is 6.36. The average Bonchev–Trinajstić information content (AvgIpc) is 2.35. The molecule has 4 nitrogen and oxygen atoms in total. The van der Waals surface area contributed by atoms with Gasteiger partial charge >= 0.3 is 0 Å². The van der Waals surface area contributed by atoms with Crippen LogP contribution in [0.1, 0.15) is 38.3 Å². The molecule has 18 heavy (non-hydrogen) atoms. The highest BCUT2D eigenvalue weighted by Crippen LogP contribution is 2.23. The SMILES string of the molecule is CCCN(c1ccc(/C(N)=N/O)cc1C)C(C)C. The standard InChI is InChI=1S/C14H23N3O/c1-5-8-17(10(2)3)13-7-6-12(9-11(13)4)14(15)16-18/h6-7,9-10,18H,5,8H2,1-4H3,(H2,15,16). The van der Waals surface area contributed by atoms with Crippen molar-refractivity contribution in [3.8, 4) is 0 Å². The second-order valence-corrected chi connectivity index (χ2v) is 4.77. The minimum Gasteiger partial charge on any atom is -0.409 e. The van der Waals surface area contributed by atoms with Crippen molar-refractivity contribution in [3.63, 3.8) is 0 Å². The number of nitrogens with zero attached hydrogens (tertiary/aromatic N) is 2. The lowest BCUT2D eigenvalue weighted by Gasteiger charge is -2.30. The van der Waals surface area contributed by atoms with Gasteiger partial charge in [0.05, 0.1) is 0 Å². The number of amidine groups is 1. The lowest BCUT2D eigenvalue weighted by Crippen LogP contribution is -2.32. The van der Waals surface area contributed by atoms with Gasteiger partial charge in [0.2, 0.25) is 0 Å². The van der Waals surface area contributed by atoms with Gasteiger partial charge in [-0.05, 0) is 51.0 Å². The largest absolute Gasteiger partial charge is 0.409 e. The molecule has 0 radical (unpaired) electrons. The quantitative estimate of drug-likeness (QED) is 0.365. The molecule has 0 aliphatic carbocycles. The van der Waals surface area contributed by atoms with E-state index in [4.69, 9.17) is 10.9 Å². The third-order valence-corrected chi connectivity index (χ3v) is 3.00. The summed E-state index contributed by atoms with van der Waals surface area (Å²) in [6, 6.07) is 6.34. The Labute approximate surface area is 109 Å². The van der Waals surface area contributed by atoms with Crippen molar-refractivity contribution in [2.45, 2.75) is 40.2 Å². The Morgan fingerprint density at radius 3 is 2.56 bits per heavy atom. The first-order chi connectivity index (χ1) is 8.51. The smallest absolute Gasteiger partial charge is 0.170 e. The molecule has 0 unspecified atom stereocenters. The number of hydrogen-bond donors (Lipinski definition) is 2. The molecule has 0 saturated heterocycles. The van der Waals surface area contributed by atoms with Crippen molar-refractivity contribution < 1.29 is 5.21 Å². The van der Waals surface area contributed by atoms with Gasteiger partial charge in [-0.25, -0.2) is 0 Å². The molecule has 1 aromatic rings. The third kappa shape index (κ3) is 3.15. The van der Waals surface area contributed by atoms with E-state index in [0.29, 0.717) is 6.04 Å². The molecule has 1 rings (SSSR count). The molecular formula is C14H23N3O. The summed E-state index contributed by atoms with van der Waals surface area (Å²) in [6.45, 7) is 9.63. The number of hydrogen-bond acceptors (Lipinski definition) is 3. The van der Waals surface area contributed by atoms with Crippen LogP contribution >= 0.6 is 0 Å². The van der Waals surface area contributed by atoms with Gasteiger partial charge in [-0.15, -0.1) is 0 Å². The summed E-state index contributed by atoms with van der Waals surface area (Å²) in [7, 11) is 0. The van der Waals surface area contributed by atoms with Crippen molar-refractivity contribution in [1.29, 1.82) is 0 Å². The zero-order valence-electron chi connectivity index (χ0n) is 11.6. The molecule has 0 aromatic heterocycles. The van der Waals surface area contributed by atoms with E-state index in [2.05, 4.69) is 37.8 Å². The van der Waals surface area contributed by atoms with Gasteiger partial charge in [0.1, 0.15) is 0 Å². The number of anilines is 1. The second kappa shape index (κ2) is 6.28. The Morgan fingerprint density at radius 2 is 2.11 bits per heavy atom. The summed E-state index contributed by atoms with van der Waals surface area (Å²) in [6.07, 6.45) is 1.11. The molecule has 0 heterocycles. The van der Waals surface area contributed by atoms with Crippen LogP contribution < -0.4 is 10.6 Å². The summed E-state index contributed by atoms with van der Waals surface area (Å²) in [5, 5.41) is 11.7. The van der Waals surface area contributed by atoms with Gasteiger partial charge < -0.3 is 15.8 Å². The minimum absolute atomic E-state index is 0.149. The van der Waals surface area contributed by atoms with Crippen LogP contribution in [0.25, 0.3) is 0 Å². The number of nitrogens with two attached hydrogens (primary N) is 1. The monoisotopic (exact) mass is 249 g/mol. The van der Waals surface area contributed by atoms with Crippen LogP contribution in [-0.4, -0.2) is 23.6 Å². The highest BCUT2D eigenvalue weighted by atomic mass is 16.4. The van der Waals surface area contributed by atoms with E-state index in [9.17, 15) is 0 Å². The molecule has 1 aromatic carbocycles. The van der Waals surface area contributed by atoms with Crippen molar-refractivity contribution in [2.24, 2.45) is 10.9 Å². The Hall–Kier alpha value is -1.71. The third-order valence-electron chi connectivity index (χ3n) is 3.00. The minimum atomic E-state index is 0.149. The molecule has 0 saturated carbocycles. The predicted molar refractivity (Wildman–Crippen MR) is 76.5 cm³/mol. The maximum Gasteiger partial charge on any atom is 0.170 e. The van der Waals surface area contributed by atoms with Gasteiger partial charge in [-0.3, -0.25) is 0 Å². The molecule has 0 aliphatic rings. The zero-order chi connectivity index (χ0) is 13.7. The Morgan fingerprint density at radius 1 is 1.44 bits per heavy atom. The zero-order valence-corrected chi connectivity index (χ0v) is 11.6. The summed E-state index contributed by atoms with van der Waals surface area (Å²) in [5.41, 5.74) is 8.69. The Bertz CT molecular complexity index is 427. The van der Waals surface area contributed by atoms with Crippen LogP contribution in [0.5, 0.6) is 0 Å². The number of benzene rings is 1. The van der Waals surface area contributed by atoms with Crippen molar-refractivity contribution in [3.05, 3.63) is 29.3 Å². The van der Waals surface area contributed by atoms with Gasteiger partial charge in [0.25, 0.3) is 0 Å². The molecule has 0 aliphatic heterocycles. The van der Waals surface area contributed by atoms with Crippen LogP contribution in [0.4, 0.5) is 5.69 Å². The van der Waals surface area contributed by atoms with Gasteiger partial charge in [-0.1, -0.05) is 12.1 Å². The van der Waals surface area contributed by atoms with Crippen LogP contribution in [0.15, 0.2) is 23.4 Å². The van der Waals surface area contributed by atoms with E-state index in [0.717, 1.165) is 24.1 Å². The van der Waals surface area contributed by atoms with E-state index in [1.165, 1.54) is 5.69 Å². The summed E-state index contributed by atoms with van der Waals surface area (Å²) in [4.78, 5) is 2.37. The lowest BCUT2D eigenvalue weighted by atomic mass is 10.1. The molecule has 0 amide bonds. The number of rotatable bonds is 5. The van der Waals surface area contributed by atoms with Crippen molar-refractivity contribution in [1.82, 2.24) is 0 Å². The van der Waals surface area contributed by atoms with E-state index in [1.54, 1.807) is 0 Å². The number of oxime groups is 1. The first kappa shape index (κ1) is 14.4. The molecular weight excluding hydrogens is 226 g/mol. The highest BCUT2D eigenvalue weighted by Gasteiger charge is 2.12. The van der Waals surface area contributed by atoms with Crippen LogP contribution in [0.3, 0.4) is 0 Å². The summed E-state index contributed by atoms with van der Waals surface area (Å²) >= 11 is 0. The molecule has 3 N–H and O–H groups in total. The fraction of sp³-hybridized carbons (Fsp3) is 0.500.